The molecule has 2 aliphatic carbocycles. The Hall–Kier alpha value is -0.370. The number of aliphatic hydroxyl groups is 1. The number of hydrogen-bond donors (Lipinski definition) is 1. The van der Waals surface area contributed by atoms with Crippen LogP contribution in [0, 0.1) is 5.92 Å². The van der Waals surface area contributed by atoms with Crippen LogP contribution in [0.2, 0.25) is 0 Å². The SMILES string of the molecule is O=C1C2CCCCC12O. The predicted molar refractivity (Wildman–Crippen MR) is 31.9 cm³/mol. The Morgan fingerprint density at radius 1 is 1.56 bits per heavy atom. The topological polar surface area (TPSA) is 37.3 Å². The Labute approximate surface area is 53.9 Å². The molecule has 9 heavy (non-hydrogen) atoms. The van der Waals surface area contributed by atoms with Crippen LogP contribution in [0.3, 0.4) is 0 Å². The van der Waals surface area contributed by atoms with E-state index in [1.165, 1.54) is 0 Å². The first-order valence-corrected chi connectivity index (χ1v) is 3.52. The second kappa shape index (κ2) is 1.37. The molecule has 2 heteroatoms. The third kappa shape index (κ3) is 0.517. The highest BCUT2D eigenvalue weighted by atomic mass is 16.3. The summed E-state index contributed by atoms with van der Waals surface area (Å²) in [7, 11) is 0. The number of rotatable bonds is 0. The molecular formula is C7H10O2. The van der Waals surface area contributed by atoms with Crippen molar-refractivity contribution in [3.05, 3.63) is 0 Å². The number of ketones is 1. The minimum absolute atomic E-state index is 0.0336. The predicted octanol–water partition coefficient (Wildman–Crippen LogP) is 0.490. The molecule has 0 amide bonds. The molecule has 0 aliphatic heterocycles. The van der Waals surface area contributed by atoms with E-state index in [4.69, 9.17) is 0 Å². The van der Waals surface area contributed by atoms with Gasteiger partial charge in [0.05, 0.1) is 5.92 Å². The third-order valence-corrected chi connectivity index (χ3v) is 2.54. The molecule has 2 rings (SSSR count). The van der Waals surface area contributed by atoms with E-state index in [1.54, 1.807) is 0 Å². The van der Waals surface area contributed by atoms with Crippen LogP contribution in [-0.2, 0) is 4.79 Å². The van der Waals surface area contributed by atoms with Gasteiger partial charge < -0.3 is 5.11 Å². The zero-order valence-corrected chi connectivity index (χ0v) is 5.26. The lowest BCUT2D eigenvalue weighted by molar-refractivity contribution is -0.116. The van der Waals surface area contributed by atoms with Gasteiger partial charge in [-0.25, -0.2) is 0 Å². The van der Waals surface area contributed by atoms with Crippen molar-refractivity contribution < 1.29 is 9.90 Å². The number of hydrogen-bond acceptors (Lipinski definition) is 2. The van der Waals surface area contributed by atoms with E-state index in [0.717, 1.165) is 25.7 Å². The van der Waals surface area contributed by atoms with E-state index in [9.17, 15) is 9.90 Å². The Morgan fingerprint density at radius 3 is 2.78 bits per heavy atom. The Bertz CT molecular complexity index is 164. The van der Waals surface area contributed by atoms with Gasteiger partial charge in [-0.15, -0.1) is 0 Å². The molecule has 0 radical (unpaired) electrons. The zero-order valence-electron chi connectivity index (χ0n) is 5.26. The maximum Gasteiger partial charge on any atom is 0.171 e. The van der Waals surface area contributed by atoms with Crippen molar-refractivity contribution in [1.29, 1.82) is 0 Å². The highest BCUT2D eigenvalue weighted by Gasteiger charge is 2.64. The average Bonchev–Trinajstić information content (AvgIpc) is 2.38. The largest absolute Gasteiger partial charge is 0.381 e. The number of Topliss-reactive ketones (excluding diaryl/α,β-unsaturated/α-hetero) is 1. The first-order chi connectivity index (χ1) is 4.25. The van der Waals surface area contributed by atoms with Crippen molar-refractivity contribution in [1.82, 2.24) is 0 Å². The molecule has 1 N–H and O–H groups in total. The zero-order chi connectivity index (χ0) is 6.48. The molecule has 2 nitrogen and oxygen atoms in total. The van der Waals surface area contributed by atoms with E-state index >= 15 is 0 Å². The Balaban J connectivity index is 2.18. The standard InChI is InChI=1S/C7H10O2/c8-6-5-3-1-2-4-7(5,6)9/h5,9H,1-4H2. The molecule has 0 aromatic carbocycles. The molecule has 2 fully saturated rings. The lowest BCUT2D eigenvalue weighted by Gasteiger charge is -2.11. The van der Waals surface area contributed by atoms with Crippen molar-refractivity contribution in [2.24, 2.45) is 5.92 Å². The normalized spacial score (nSPS) is 48.6. The molecule has 0 aromatic rings. The van der Waals surface area contributed by atoms with Gasteiger partial charge in [-0.3, -0.25) is 4.79 Å². The van der Waals surface area contributed by atoms with Gasteiger partial charge in [0.2, 0.25) is 0 Å². The molecule has 0 saturated heterocycles. The fourth-order valence-corrected chi connectivity index (χ4v) is 1.81. The van der Waals surface area contributed by atoms with Gasteiger partial charge in [-0.2, -0.15) is 0 Å². The van der Waals surface area contributed by atoms with E-state index in [1.807, 2.05) is 0 Å². The summed E-state index contributed by atoms with van der Waals surface area (Å²) >= 11 is 0. The van der Waals surface area contributed by atoms with Crippen molar-refractivity contribution >= 4 is 5.78 Å². The average molecular weight is 126 g/mol. The summed E-state index contributed by atoms with van der Waals surface area (Å²) in [6.07, 6.45) is 3.79. The van der Waals surface area contributed by atoms with Gasteiger partial charge in [0.25, 0.3) is 0 Å². The molecule has 2 unspecified atom stereocenters. The van der Waals surface area contributed by atoms with Crippen LogP contribution >= 0.6 is 0 Å². The van der Waals surface area contributed by atoms with Crippen LogP contribution in [0.15, 0.2) is 0 Å². The molecule has 50 valence electrons. The second-order valence-corrected chi connectivity index (χ2v) is 3.09. The minimum atomic E-state index is -0.835. The van der Waals surface area contributed by atoms with Crippen molar-refractivity contribution in [3.8, 4) is 0 Å². The summed E-state index contributed by atoms with van der Waals surface area (Å²) in [5.41, 5.74) is -0.835. The number of carbonyl (C=O) groups excluding carboxylic acids is 1. The summed E-state index contributed by atoms with van der Waals surface area (Å²) in [5, 5.41) is 9.37. The van der Waals surface area contributed by atoms with Gasteiger partial charge in [-0.1, -0.05) is 12.8 Å². The van der Waals surface area contributed by atoms with Crippen LogP contribution in [-0.4, -0.2) is 16.5 Å². The smallest absolute Gasteiger partial charge is 0.171 e. The Kier molecular flexibility index (Phi) is 0.826. The lowest BCUT2D eigenvalue weighted by atomic mass is 9.98. The van der Waals surface area contributed by atoms with E-state index < -0.39 is 5.60 Å². The van der Waals surface area contributed by atoms with E-state index in [-0.39, 0.29) is 11.7 Å². The molecule has 2 saturated carbocycles. The summed E-state index contributed by atoms with van der Waals surface area (Å²) in [5.74, 6) is 0.131. The van der Waals surface area contributed by atoms with Crippen LogP contribution < -0.4 is 0 Å². The molecule has 2 aliphatic rings. The summed E-state index contributed by atoms with van der Waals surface area (Å²) in [4.78, 5) is 10.8. The minimum Gasteiger partial charge on any atom is -0.381 e. The van der Waals surface area contributed by atoms with Crippen molar-refractivity contribution in [2.45, 2.75) is 31.3 Å². The fraction of sp³-hybridized carbons (Fsp3) is 0.857. The quantitative estimate of drug-likeness (QED) is 0.513. The Morgan fingerprint density at radius 2 is 2.33 bits per heavy atom. The van der Waals surface area contributed by atoms with Crippen LogP contribution in [0.5, 0.6) is 0 Å². The van der Waals surface area contributed by atoms with E-state index in [2.05, 4.69) is 0 Å². The number of fused-ring (bicyclic) bond motifs is 1. The maximum atomic E-state index is 10.8. The lowest BCUT2D eigenvalue weighted by Crippen LogP contribution is -2.15. The van der Waals surface area contributed by atoms with Gasteiger partial charge in [0, 0.05) is 0 Å². The molecule has 0 bridgehead atoms. The first kappa shape index (κ1) is 5.42. The van der Waals surface area contributed by atoms with Crippen molar-refractivity contribution in [2.75, 3.05) is 0 Å². The fourth-order valence-electron chi connectivity index (χ4n) is 1.81. The van der Waals surface area contributed by atoms with Gasteiger partial charge >= 0.3 is 0 Å². The van der Waals surface area contributed by atoms with Crippen LogP contribution in [0.25, 0.3) is 0 Å². The summed E-state index contributed by atoms with van der Waals surface area (Å²) < 4.78 is 0. The van der Waals surface area contributed by atoms with E-state index in [0.29, 0.717) is 0 Å². The highest BCUT2D eigenvalue weighted by Crippen LogP contribution is 2.49. The van der Waals surface area contributed by atoms with Crippen LogP contribution in [0.1, 0.15) is 25.7 Å². The molecule has 0 spiro atoms. The van der Waals surface area contributed by atoms with Crippen molar-refractivity contribution in [3.63, 3.8) is 0 Å². The van der Waals surface area contributed by atoms with Gasteiger partial charge in [0.1, 0.15) is 5.60 Å². The second-order valence-electron chi connectivity index (χ2n) is 3.09. The highest BCUT2D eigenvalue weighted by molar-refractivity contribution is 6.06. The summed E-state index contributed by atoms with van der Waals surface area (Å²) in [6.45, 7) is 0. The first-order valence-electron chi connectivity index (χ1n) is 3.52. The third-order valence-electron chi connectivity index (χ3n) is 2.54. The number of carbonyl (C=O) groups is 1. The van der Waals surface area contributed by atoms with Gasteiger partial charge in [0.15, 0.2) is 5.78 Å². The summed E-state index contributed by atoms with van der Waals surface area (Å²) in [6, 6.07) is 0. The molecule has 2 atom stereocenters. The maximum absolute atomic E-state index is 10.8. The monoisotopic (exact) mass is 126 g/mol. The molecule has 0 heterocycles. The van der Waals surface area contributed by atoms with Crippen LogP contribution in [0.4, 0.5) is 0 Å². The van der Waals surface area contributed by atoms with Gasteiger partial charge in [-0.05, 0) is 12.8 Å². The molecule has 0 aromatic heterocycles. The molecular weight excluding hydrogens is 116 g/mol.